The number of aryl methyl sites for hydroxylation is 1. The fraction of sp³-hybridized carbons (Fsp3) is 0.167. The van der Waals surface area contributed by atoms with Crippen LogP contribution in [0.5, 0.6) is 0 Å². The molecule has 0 spiro atoms. The zero-order chi connectivity index (χ0) is 20.5. The van der Waals surface area contributed by atoms with Crippen LogP contribution in [0.4, 0.5) is 0 Å². The number of nitrogen functional groups attached to an aromatic ring is 1. The van der Waals surface area contributed by atoms with Crippen molar-refractivity contribution >= 4 is 28.6 Å². The first-order valence-corrected chi connectivity index (χ1v) is 9.45. The summed E-state index contributed by atoms with van der Waals surface area (Å²) in [5.74, 6) is 7.48. The number of nitrogens with zero attached hydrogens (tertiary/aromatic N) is 4. The van der Waals surface area contributed by atoms with Gasteiger partial charge in [-0.05, 0) is 31.2 Å². The first kappa shape index (κ1) is 18.7. The Kier molecular flexibility index (Phi) is 4.80. The van der Waals surface area contributed by atoms with Crippen LogP contribution in [0.3, 0.4) is 0 Å². The molecule has 1 aromatic carbocycles. The molecule has 0 bridgehead atoms. The molecule has 11 heteroatoms. The van der Waals surface area contributed by atoms with Gasteiger partial charge in [0.15, 0.2) is 5.82 Å². The van der Waals surface area contributed by atoms with Gasteiger partial charge in [-0.25, -0.2) is 14.5 Å². The summed E-state index contributed by atoms with van der Waals surface area (Å²) in [5, 5.41) is 9.02. The number of nitrogens with two attached hydrogens (primary N) is 1. The largest absolute Gasteiger partial charge is 0.469 e. The van der Waals surface area contributed by atoms with Gasteiger partial charge in [0.1, 0.15) is 11.6 Å². The number of rotatable bonds is 5. The number of nitrogens with one attached hydrogen (secondary N) is 1. The lowest BCUT2D eigenvalue weighted by atomic mass is 10.1. The summed E-state index contributed by atoms with van der Waals surface area (Å²) >= 11 is 1.27. The normalized spacial score (nSPS) is 11.1. The third-order valence-electron chi connectivity index (χ3n) is 4.28. The summed E-state index contributed by atoms with van der Waals surface area (Å²) in [6.45, 7) is 1.81. The molecule has 0 saturated carbocycles. The molecule has 10 nitrogen and oxygen atoms in total. The van der Waals surface area contributed by atoms with E-state index in [2.05, 4.69) is 20.2 Å². The Morgan fingerprint density at radius 3 is 2.90 bits per heavy atom. The average molecular weight is 412 g/mol. The van der Waals surface area contributed by atoms with Gasteiger partial charge in [-0.3, -0.25) is 4.79 Å². The second-order valence-electron chi connectivity index (χ2n) is 6.09. The van der Waals surface area contributed by atoms with E-state index in [1.165, 1.54) is 35.7 Å². The molecule has 0 radical (unpaired) electrons. The van der Waals surface area contributed by atoms with Crippen molar-refractivity contribution in [3.63, 3.8) is 0 Å². The molecule has 29 heavy (non-hydrogen) atoms. The lowest BCUT2D eigenvalue weighted by Gasteiger charge is -2.05. The van der Waals surface area contributed by atoms with Crippen LogP contribution in [-0.4, -0.2) is 37.9 Å². The molecule has 0 aliphatic carbocycles. The molecular weight excluding hydrogens is 396 g/mol. The number of thioether (sulfide) groups is 1. The van der Waals surface area contributed by atoms with E-state index < -0.39 is 5.97 Å². The molecule has 0 aliphatic rings. The maximum atomic E-state index is 12.3. The van der Waals surface area contributed by atoms with Crippen molar-refractivity contribution in [1.29, 1.82) is 0 Å². The number of furan rings is 1. The van der Waals surface area contributed by atoms with Crippen molar-refractivity contribution in [3.05, 3.63) is 58.0 Å². The number of methoxy groups -OCH3 is 1. The molecule has 0 fully saturated rings. The number of hydrogen-bond acceptors (Lipinski definition) is 9. The number of aromatic nitrogens is 5. The van der Waals surface area contributed by atoms with Crippen LogP contribution in [-0.2, 0) is 10.5 Å². The topological polar surface area (TPSA) is 142 Å². The fourth-order valence-corrected chi connectivity index (χ4v) is 3.54. The molecule has 0 amide bonds. The molecule has 0 saturated heterocycles. The number of esters is 1. The minimum absolute atomic E-state index is 0.299. The first-order valence-electron chi connectivity index (χ1n) is 8.47. The Balaban J connectivity index is 1.60. The SMILES string of the molecule is COC(=O)c1ccc2c(=O)[nH]c(CSc3nnc(-c4ccoc4C)n3N)nc2c1. The number of benzene rings is 1. The first-order chi connectivity index (χ1) is 14.0. The van der Waals surface area contributed by atoms with Crippen LogP contribution in [0.25, 0.3) is 22.3 Å². The van der Waals surface area contributed by atoms with Crippen molar-refractivity contribution in [1.82, 2.24) is 24.8 Å². The number of ether oxygens (including phenoxy) is 1. The highest BCUT2D eigenvalue weighted by atomic mass is 32.2. The minimum Gasteiger partial charge on any atom is -0.469 e. The van der Waals surface area contributed by atoms with Crippen LogP contribution in [0.2, 0.25) is 0 Å². The summed E-state index contributed by atoms with van der Waals surface area (Å²) in [6.07, 6.45) is 1.55. The smallest absolute Gasteiger partial charge is 0.337 e. The summed E-state index contributed by atoms with van der Waals surface area (Å²) in [7, 11) is 1.29. The zero-order valence-electron chi connectivity index (χ0n) is 15.5. The third-order valence-corrected chi connectivity index (χ3v) is 5.23. The predicted molar refractivity (Wildman–Crippen MR) is 106 cm³/mol. The van der Waals surface area contributed by atoms with Crippen molar-refractivity contribution < 1.29 is 13.9 Å². The van der Waals surface area contributed by atoms with E-state index in [1.807, 2.05) is 6.92 Å². The van der Waals surface area contributed by atoms with Gasteiger partial charge in [-0.1, -0.05) is 11.8 Å². The third kappa shape index (κ3) is 3.47. The standard InChI is InChI=1S/C18H16N6O4S/c1-9-11(5-6-28-9)15-22-23-18(24(15)19)29-8-14-20-13-7-10(17(26)27-2)3-4-12(13)16(25)21-14/h3-7H,8,19H2,1-2H3,(H,20,21,25). The van der Waals surface area contributed by atoms with Gasteiger partial charge < -0.3 is 20.0 Å². The minimum atomic E-state index is -0.497. The maximum Gasteiger partial charge on any atom is 0.337 e. The molecule has 148 valence electrons. The molecule has 3 heterocycles. The molecule has 0 atom stereocenters. The quantitative estimate of drug-likeness (QED) is 0.285. The second kappa shape index (κ2) is 7.43. The number of aromatic amines is 1. The van der Waals surface area contributed by atoms with Crippen LogP contribution in [0, 0.1) is 6.92 Å². The molecule has 0 unspecified atom stereocenters. The molecular formula is C18H16N6O4S. The number of fused-ring (bicyclic) bond motifs is 1. The summed E-state index contributed by atoms with van der Waals surface area (Å²) in [5.41, 5.74) is 1.17. The average Bonchev–Trinajstić information content (AvgIpc) is 3.30. The fourth-order valence-electron chi connectivity index (χ4n) is 2.81. The van der Waals surface area contributed by atoms with Crippen molar-refractivity contribution in [2.24, 2.45) is 0 Å². The van der Waals surface area contributed by atoms with Crippen LogP contribution < -0.4 is 11.4 Å². The number of carbonyl (C=O) groups is 1. The molecule has 3 N–H and O–H groups in total. The highest BCUT2D eigenvalue weighted by Gasteiger charge is 2.16. The lowest BCUT2D eigenvalue weighted by molar-refractivity contribution is 0.0601. The van der Waals surface area contributed by atoms with Gasteiger partial charge in [0.05, 0.1) is 41.2 Å². The van der Waals surface area contributed by atoms with Gasteiger partial charge in [-0.15, -0.1) is 10.2 Å². The Hall–Kier alpha value is -3.60. The van der Waals surface area contributed by atoms with Gasteiger partial charge in [0.25, 0.3) is 5.56 Å². The second-order valence-corrected chi connectivity index (χ2v) is 7.03. The van der Waals surface area contributed by atoms with Gasteiger partial charge in [-0.2, -0.15) is 0 Å². The zero-order valence-corrected chi connectivity index (χ0v) is 16.3. The van der Waals surface area contributed by atoms with Crippen LogP contribution in [0.15, 0.2) is 44.9 Å². The summed E-state index contributed by atoms with van der Waals surface area (Å²) < 4.78 is 11.3. The Morgan fingerprint density at radius 1 is 1.34 bits per heavy atom. The van der Waals surface area contributed by atoms with E-state index in [9.17, 15) is 9.59 Å². The predicted octanol–water partition coefficient (Wildman–Crippen LogP) is 1.88. The van der Waals surface area contributed by atoms with Gasteiger partial charge >= 0.3 is 5.97 Å². The number of H-pyrrole nitrogens is 1. The van der Waals surface area contributed by atoms with E-state index in [-0.39, 0.29) is 5.56 Å². The van der Waals surface area contributed by atoms with E-state index in [0.29, 0.717) is 44.8 Å². The van der Waals surface area contributed by atoms with E-state index >= 15 is 0 Å². The Labute approximate surface area is 168 Å². The molecule has 3 aromatic heterocycles. The molecule has 4 rings (SSSR count). The van der Waals surface area contributed by atoms with Crippen LogP contribution >= 0.6 is 11.8 Å². The molecule has 4 aromatic rings. The lowest BCUT2D eigenvalue weighted by Crippen LogP contribution is -2.13. The maximum absolute atomic E-state index is 12.3. The summed E-state index contributed by atoms with van der Waals surface area (Å²) in [4.78, 5) is 31.2. The van der Waals surface area contributed by atoms with Crippen molar-refractivity contribution in [2.45, 2.75) is 17.8 Å². The van der Waals surface area contributed by atoms with Gasteiger partial charge in [0, 0.05) is 0 Å². The van der Waals surface area contributed by atoms with E-state index in [4.69, 9.17) is 15.0 Å². The Morgan fingerprint density at radius 2 is 2.17 bits per heavy atom. The molecule has 0 aliphatic heterocycles. The van der Waals surface area contributed by atoms with Crippen molar-refractivity contribution in [3.8, 4) is 11.4 Å². The monoisotopic (exact) mass is 412 g/mol. The van der Waals surface area contributed by atoms with Crippen LogP contribution in [0.1, 0.15) is 21.9 Å². The Bertz CT molecular complexity index is 1280. The van der Waals surface area contributed by atoms with E-state index in [1.54, 1.807) is 18.4 Å². The van der Waals surface area contributed by atoms with Crippen molar-refractivity contribution in [2.75, 3.05) is 13.0 Å². The number of hydrogen-bond donors (Lipinski definition) is 2. The van der Waals surface area contributed by atoms with E-state index in [0.717, 1.165) is 5.56 Å². The van der Waals surface area contributed by atoms with Gasteiger partial charge in [0.2, 0.25) is 5.16 Å². The summed E-state index contributed by atoms with van der Waals surface area (Å²) in [6, 6.07) is 6.35. The highest BCUT2D eigenvalue weighted by molar-refractivity contribution is 7.98. The number of carbonyl (C=O) groups excluding carboxylic acids is 1. The highest BCUT2D eigenvalue weighted by Crippen LogP contribution is 2.26.